The van der Waals surface area contributed by atoms with Gasteiger partial charge in [-0.05, 0) is 69.1 Å². The number of aromatic nitrogens is 2. The average Bonchev–Trinajstić information content (AvgIpc) is 3.32. The standard InChI is InChI=1S/C26H17N2O2PS/c29-21-7-5-15-11-19(3-1-17(15)13-21)23-9-10-24(26-25(23)27-32-28-26)20-4-2-18-14-22(30-31)8-6-16(18)12-20/h1-14,29H,31H2. The van der Waals surface area contributed by atoms with Crippen LogP contribution in [0.1, 0.15) is 0 Å². The quantitative estimate of drug-likeness (QED) is 0.288. The molecular formula is C26H17N2O2PS. The lowest BCUT2D eigenvalue weighted by molar-refractivity contribution is 0.476. The topological polar surface area (TPSA) is 55.2 Å². The Bertz CT molecular complexity index is 1640. The number of fused-ring (bicyclic) bond motifs is 3. The molecule has 154 valence electrons. The summed E-state index contributed by atoms with van der Waals surface area (Å²) in [5, 5.41) is 14.1. The molecule has 6 aromatic rings. The van der Waals surface area contributed by atoms with E-state index in [0.29, 0.717) is 0 Å². The summed E-state index contributed by atoms with van der Waals surface area (Å²) in [7, 11) is 2.28. The summed E-state index contributed by atoms with van der Waals surface area (Å²) in [6.07, 6.45) is 0. The van der Waals surface area contributed by atoms with Crippen molar-refractivity contribution in [3.8, 4) is 33.8 Å². The molecule has 0 aliphatic rings. The van der Waals surface area contributed by atoms with Crippen molar-refractivity contribution in [2.24, 2.45) is 0 Å². The molecule has 1 aromatic heterocycles. The first-order valence-electron chi connectivity index (χ1n) is 10.1. The second-order valence-corrected chi connectivity index (χ2v) is 8.47. The molecule has 1 heterocycles. The first-order valence-corrected chi connectivity index (χ1v) is 11.3. The number of phenols is 1. The highest BCUT2D eigenvalue weighted by Gasteiger charge is 2.14. The molecular weight excluding hydrogens is 435 g/mol. The first kappa shape index (κ1) is 19.2. The van der Waals surface area contributed by atoms with Gasteiger partial charge in [0, 0.05) is 11.1 Å². The van der Waals surface area contributed by atoms with Gasteiger partial charge in [0.25, 0.3) is 0 Å². The van der Waals surface area contributed by atoms with Crippen LogP contribution < -0.4 is 4.52 Å². The fourth-order valence-corrected chi connectivity index (χ4v) is 4.92. The van der Waals surface area contributed by atoms with Crippen LogP contribution in [0.15, 0.2) is 84.9 Å². The zero-order valence-electron chi connectivity index (χ0n) is 16.8. The van der Waals surface area contributed by atoms with E-state index in [0.717, 1.165) is 60.6 Å². The molecule has 1 atom stereocenters. The van der Waals surface area contributed by atoms with E-state index >= 15 is 0 Å². The highest BCUT2D eigenvalue weighted by molar-refractivity contribution is 7.10. The molecule has 0 spiro atoms. The minimum atomic E-state index is 0.272. The maximum atomic E-state index is 9.74. The van der Waals surface area contributed by atoms with Crippen molar-refractivity contribution in [1.82, 2.24) is 8.75 Å². The van der Waals surface area contributed by atoms with Gasteiger partial charge in [0.15, 0.2) is 0 Å². The van der Waals surface area contributed by atoms with Crippen molar-refractivity contribution in [2.75, 3.05) is 0 Å². The van der Waals surface area contributed by atoms with E-state index in [1.807, 2.05) is 24.3 Å². The number of rotatable bonds is 3. The fraction of sp³-hybridized carbons (Fsp3) is 0. The van der Waals surface area contributed by atoms with E-state index < -0.39 is 0 Å². The van der Waals surface area contributed by atoms with Crippen molar-refractivity contribution >= 4 is 53.8 Å². The van der Waals surface area contributed by atoms with Crippen molar-refractivity contribution in [3.05, 3.63) is 84.9 Å². The zero-order chi connectivity index (χ0) is 21.7. The summed E-state index contributed by atoms with van der Waals surface area (Å²) in [5.41, 5.74) is 6.11. The van der Waals surface area contributed by atoms with Gasteiger partial charge in [0.2, 0.25) is 0 Å². The van der Waals surface area contributed by atoms with Crippen LogP contribution in [0.2, 0.25) is 0 Å². The molecule has 0 bridgehead atoms. The minimum Gasteiger partial charge on any atom is -0.508 e. The van der Waals surface area contributed by atoms with Crippen molar-refractivity contribution < 1.29 is 9.63 Å². The normalized spacial score (nSPS) is 11.4. The lowest BCUT2D eigenvalue weighted by atomic mass is 9.95. The van der Waals surface area contributed by atoms with Crippen molar-refractivity contribution in [3.63, 3.8) is 0 Å². The molecule has 5 aromatic carbocycles. The Morgan fingerprint density at radius 3 is 1.78 bits per heavy atom. The molecule has 0 aliphatic heterocycles. The Balaban J connectivity index is 1.49. The molecule has 0 saturated heterocycles. The van der Waals surface area contributed by atoms with Crippen LogP contribution in [-0.4, -0.2) is 13.9 Å². The number of phenolic OH excluding ortho intramolecular Hbond substituents is 1. The highest BCUT2D eigenvalue weighted by Crippen LogP contribution is 2.37. The van der Waals surface area contributed by atoms with Gasteiger partial charge < -0.3 is 9.63 Å². The molecule has 4 nitrogen and oxygen atoms in total. The van der Waals surface area contributed by atoms with Gasteiger partial charge in [0.1, 0.15) is 22.5 Å². The second-order valence-electron chi connectivity index (χ2n) is 7.71. The lowest BCUT2D eigenvalue weighted by Crippen LogP contribution is -1.87. The molecule has 6 rings (SSSR count). The Morgan fingerprint density at radius 2 is 1.16 bits per heavy atom. The second kappa shape index (κ2) is 7.56. The smallest absolute Gasteiger partial charge is 0.123 e. The maximum absolute atomic E-state index is 9.74. The van der Waals surface area contributed by atoms with Gasteiger partial charge in [-0.2, -0.15) is 8.75 Å². The van der Waals surface area contributed by atoms with E-state index in [4.69, 9.17) is 4.52 Å². The molecule has 1 unspecified atom stereocenters. The molecule has 0 amide bonds. The van der Waals surface area contributed by atoms with Crippen LogP contribution in [-0.2, 0) is 0 Å². The molecule has 32 heavy (non-hydrogen) atoms. The Kier molecular flexibility index (Phi) is 4.53. The minimum absolute atomic E-state index is 0.272. The lowest BCUT2D eigenvalue weighted by Gasteiger charge is -2.09. The van der Waals surface area contributed by atoms with E-state index in [1.54, 1.807) is 12.1 Å². The van der Waals surface area contributed by atoms with Gasteiger partial charge in [-0.25, -0.2) is 0 Å². The Hall–Kier alpha value is -3.53. The van der Waals surface area contributed by atoms with E-state index in [-0.39, 0.29) is 5.75 Å². The van der Waals surface area contributed by atoms with Gasteiger partial charge >= 0.3 is 0 Å². The monoisotopic (exact) mass is 452 g/mol. The third kappa shape index (κ3) is 3.18. The van der Waals surface area contributed by atoms with Crippen molar-refractivity contribution in [2.45, 2.75) is 0 Å². The van der Waals surface area contributed by atoms with Gasteiger partial charge in [-0.1, -0.05) is 48.5 Å². The number of nitrogens with zero attached hydrogens (tertiary/aromatic N) is 2. The molecule has 0 fully saturated rings. The third-order valence-electron chi connectivity index (χ3n) is 5.81. The molecule has 1 N–H and O–H groups in total. The summed E-state index contributed by atoms with van der Waals surface area (Å²) < 4.78 is 14.5. The number of hydrogen-bond donors (Lipinski definition) is 1. The van der Waals surface area contributed by atoms with E-state index in [9.17, 15) is 5.11 Å². The number of benzene rings is 5. The van der Waals surface area contributed by atoms with Crippen LogP contribution in [0.3, 0.4) is 0 Å². The van der Waals surface area contributed by atoms with Crippen LogP contribution >= 0.6 is 21.2 Å². The summed E-state index contributed by atoms with van der Waals surface area (Å²) in [4.78, 5) is 0. The number of aromatic hydroxyl groups is 1. The Morgan fingerprint density at radius 1 is 0.625 bits per heavy atom. The van der Waals surface area contributed by atoms with Crippen LogP contribution in [0.4, 0.5) is 0 Å². The van der Waals surface area contributed by atoms with Crippen LogP contribution in [0.5, 0.6) is 11.5 Å². The number of hydrogen-bond acceptors (Lipinski definition) is 5. The molecule has 0 aliphatic carbocycles. The summed E-state index contributed by atoms with van der Waals surface area (Å²) in [6.45, 7) is 0. The predicted octanol–water partition coefficient (Wildman–Crippen LogP) is 7.21. The fourth-order valence-electron chi connectivity index (χ4n) is 4.20. The molecule has 6 heteroatoms. The predicted molar refractivity (Wildman–Crippen MR) is 135 cm³/mol. The van der Waals surface area contributed by atoms with Gasteiger partial charge in [0.05, 0.1) is 21.2 Å². The average molecular weight is 452 g/mol. The summed E-state index contributed by atoms with van der Waals surface area (Å²) >= 11 is 1.23. The van der Waals surface area contributed by atoms with E-state index in [2.05, 4.69) is 66.7 Å². The molecule has 0 radical (unpaired) electrons. The molecule has 0 saturated carbocycles. The largest absolute Gasteiger partial charge is 0.508 e. The van der Waals surface area contributed by atoms with Crippen LogP contribution in [0, 0.1) is 0 Å². The highest BCUT2D eigenvalue weighted by atomic mass is 32.1. The van der Waals surface area contributed by atoms with Crippen molar-refractivity contribution in [1.29, 1.82) is 0 Å². The zero-order valence-corrected chi connectivity index (χ0v) is 18.8. The third-order valence-corrected chi connectivity index (χ3v) is 6.61. The first-order chi connectivity index (χ1) is 15.7. The maximum Gasteiger partial charge on any atom is 0.123 e. The van der Waals surface area contributed by atoms with Gasteiger partial charge in [-0.3, -0.25) is 0 Å². The van der Waals surface area contributed by atoms with E-state index in [1.165, 1.54) is 11.7 Å². The SMILES string of the molecule is Oc1ccc2cc(-c3ccc(-c4ccc5cc(OP)ccc5c4)c4nsnc34)ccc2c1. The van der Waals surface area contributed by atoms with Gasteiger partial charge in [-0.15, -0.1) is 0 Å². The van der Waals surface area contributed by atoms with Crippen LogP contribution in [0.25, 0.3) is 54.8 Å². The summed E-state index contributed by atoms with van der Waals surface area (Å²) in [5.74, 6) is 1.09. The Labute approximate surface area is 190 Å². The summed E-state index contributed by atoms with van der Waals surface area (Å²) in [6, 6.07) is 28.3.